The minimum atomic E-state index is -0.544. The molecule has 118 valence electrons. The van der Waals surface area contributed by atoms with Crippen LogP contribution in [0.2, 0.25) is 0 Å². The van der Waals surface area contributed by atoms with E-state index in [-0.39, 0.29) is 11.6 Å². The molecule has 2 rings (SSSR count). The van der Waals surface area contributed by atoms with Crippen LogP contribution in [0.3, 0.4) is 0 Å². The number of hydrogen-bond donors (Lipinski definition) is 1. The first kappa shape index (κ1) is 16.3. The molecule has 21 heavy (non-hydrogen) atoms. The van der Waals surface area contributed by atoms with Crippen molar-refractivity contribution in [2.75, 3.05) is 32.8 Å². The fourth-order valence-electron chi connectivity index (χ4n) is 2.65. The molecule has 1 heterocycles. The summed E-state index contributed by atoms with van der Waals surface area (Å²) >= 11 is 0. The average molecular weight is 298 g/mol. The van der Waals surface area contributed by atoms with Gasteiger partial charge >= 0.3 is 0 Å². The molecular weight excluding hydrogens is 274 g/mol. The minimum absolute atomic E-state index is 0.0332. The zero-order chi connectivity index (χ0) is 15.5. The Morgan fingerprint density at radius 3 is 2.57 bits per heavy atom. The second kappa shape index (κ2) is 6.81. The molecule has 5 heteroatoms. The van der Waals surface area contributed by atoms with E-state index in [0.717, 1.165) is 38.9 Å². The van der Waals surface area contributed by atoms with Gasteiger partial charge in [0.15, 0.2) is 0 Å². The molecule has 0 saturated carbocycles. The molecule has 1 fully saturated rings. The highest BCUT2D eigenvalue weighted by Gasteiger charge is 2.28. The fraction of sp³-hybridized carbons (Fsp3) is 0.625. The molecule has 0 amide bonds. The lowest BCUT2D eigenvalue weighted by atomic mass is 10.0. The third-order valence-corrected chi connectivity index (χ3v) is 4.14. The monoisotopic (exact) mass is 298 g/mol. The summed E-state index contributed by atoms with van der Waals surface area (Å²) in [5.41, 5.74) is 0.461. The molecule has 0 spiro atoms. The van der Waals surface area contributed by atoms with E-state index in [2.05, 4.69) is 24.1 Å². The minimum Gasteiger partial charge on any atom is -0.379 e. The van der Waals surface area contributed by atoms with Crippen LogP contribution in [0.4, 0.5) is 8.78 Å². The maximum absolute atomic E-state index is 13.8. The molecule has 1 N–H and O–H groups in total. The van der Waals surface area contributed by atoms with Crippen LogP contribution in [0.15, 0.2) is 18.2 Å². The van der Waals surface area contributed by atoms with Gasteiger partial charge in [-0.1, -0.05) is 6.07 Å². The lowest BCUT2D eigenvalue weighted by Gasteiger charge is -2.41. The number of ether oxygens (including phenoxy) is 1. The molecule has 1 aliphatic rings. The molecule has 1 aliphatic heterocycles. The Bertz CT molecular complexity index is 473. The van der Waals surface area contributed by atoms with Gasteiger partial charge < -0.3 is 10.1 Å². The summed E-state index contributed by atoms with van der Waals surface area (Å²) in [6.07, 6.45) is 0. The number of morpholine rings is 1. The zero-order valence-electron chi connectivity index (χ0n) is 13.0. The molecule has 3 nitrogen and oxygen atoms in total. The number of hydrogen-bond acceptors (Lipinski definition) is 3. The first-order valence-electron chi connectivity index (χ1n) is 7.41. The number of rotatable bonds is 5. The summed E-state index contributed by atoms with van der Waals surface area (Å²) in [6, 6.07) is 3.57. The van der Waals surface area contributed by atoms with E-state index < -0.39 is 11.6 Å². The smallest absolute Gasteiger partial charge is 0.130 e. The predicted octanol–water partition coefficient (Wildman–Crippen LogP) is 2.73. The van der Waals surface area contributed by atoms with Crippen molar-refractivity contribution in [1.82, 2.24) is 10.2 Å². The third-order valence-electron chi connectivity index (χ3n) is 4.14. The van der Waals surface area contributed by atoms with Gasteiger partial charge in [-0.15, -0.1) is 0 Å². The molecular formula is C16H24F2N2O. The maximum atomic E-state index is 13.8. The van der Waals surface area contributed by atoms with Crippen LogP contribution >= 0.6 is 0 Å². The molecule has 1 unspecified atom stereocenters. The van der Waals surface area contributed by atoms with Gasteiger partial charge in [0.05, 0.1) is 13.2 Å². The standard InChI is InChI=1S/C16H24F2N2O/c1-12(14-5-4-13(17)10-15(14)18)19-11-16(2,3)20-6-8-21-9-7-20/h4-5,10,12,19H,6-9,11H2,1-3H3. The second-order valence-corrected chi connectivity index (χ2v) is 6.18. The molecule has 0 aromatic heterocycles. The van der Waals surface area contributed by atoms with Gasteiger partial charge in [0.1, 0.15) is 11.6 Å². The molecule has 0 aliphatic carbocycles. The first-order chi connectivity index (χ1) is 9.90. The molecule has 1 saturated heterocycles. The molecule has 1 atom stereocenters. The van der Waals surface area contributed by atoms with Crippen molar-refractivity contribution < 1.29 is 13.5 Å². The van der Waals surface area contributed by atoms with Gasteiger partial charge in [-0.25, -0.2) is 8.78 Å². The van der Waals surface area contributed by atoms with Crippen LogP contribution < -0.4 is 5.32 Å². The number of benzene rings is 1. The highest BCUT2D eigenvalue weighted by molar-refractivity contribution is 5.21. The number of nitrogens with one attached hydrogen (secondary N) is 1. The van der Waals surface area contributed by atoms with Gasteiger partial charge in [-0.05, 0) is 26.8 Å². The Labute approximate surface area is 125 Å². The average Bonchev–Trinajstić information content (AvgIpc) is 2.46. The van der Waals surface area contributed by atoms with Crippen LogP contribution in [0, 0.1) is 11.6 Å². The Morgan fingerprint density at radius 2 is 1.95 bits per heavy atom. The highest BCUT2D eigenvalue weighted by atomic mass is 19.1. The van der Waals surface area contributed by atoms with Crippen molar-refractivity contribution in [2.24, 2.45) is 0 Å². The van der Waals surface area contributed by atoms with Gasteiger partial charge in [-0.3, -0.25) is 4.90 Å². The number of halogens is 2. The van der Waals surface area contributed by atoms with E-state index in [4.69, 9.17) is 4.74 Å². The van der Waals surface area contributed by atoms with E-state index in [1.807, 2.05) is 6.92 Å². The lowest BCUT2D eigenvalue weighted by molar-refractivity contribution is -0.0102. The topological polar surface area (TPSA) is 24.5 Å². The summed E-state index contributed by atoms with van der Waals surface area (Å²) in [5, 5.41) is 3.35. The molecule has 1 aromatic carbocycles. The van der Waals surface area contributed by atoms with Crippen molar-refractivity contribution >= 4 is 0 Å². The Morgan fingerprint density at radius 1 is 1.29 bits per heavy atom. The van der Waals surface area contributed by atoms with Gasteiger partial charge in [0.25, 0.3) is 0 Å². The van der Waals surface area contributed by atoms with Crippen LogP contribution in [-0.4, -0.2) is 43.3 Å². The van der Waals surface area contributed by atoms with Gasteiger partial charge in [-0.2, -0.15) is 0 Å². The SMILES string of the molecule is CC(NCC(C)(C)N1CCOCC1)c1ccc(F)cc1F. The van der Waals surface area contributed by atoms with Gasteiger partial charge in [0.2, 0.25) is 0 Å². The first-order valence-corrected chi connectivity index (χ1v) is 7.41. The summed E-state index contributed by atoms with van der Waals surface area (Å²) in [6.45, 7) is 10.3. The van der Waals surface area contributed by atoms with Crippen LogP contribution in [0.25, 0.3) is 0 Å². The third kappa shape index (κ3) is 4.22. The lowest BCUT2D eigenvalue weighted by Crippen LogP contribution is -2.54. The van der Waals surface area contributed by atoms with E-state index in [9.17, 15) is 8.78 Å². The summed E-state index contributed by atoms with van der Waals surface area (Å²) in [5.74, 6) is -1.05. The van der Waals surface area contributed by atoms with Crippen molar-refractivity contribution in [1.29, 1.82) is 0 Å². The summed E-state index contributed by atoms with van der Waals surface area (Å²) < 4.78 is 32.1. The molecule has 0 bridgehead atoms. The summed E-state index contributed by atoms with van der Waals surface area (Å²) in [4.78, 5) is 2.37. The van der Waals surface area contributed by atoms with Gasteiger partial charge in [0, 0.05) is 42.8 Å². The number of nitrogens with zero attached hydrogens (tertiary/aromatic N) is 1. The Hall–Kier alpha value is -1.04. The van der Waals surface area contributed by atoms with Crippen LogP contribution in [0.1, 0.15) is 32.4 Å². The zero-order valence-corrected chi connectivity index (χ0v) is 13.0. The van der Waals surface area contributed by atoms with Crippen LogP contribution in [-0.2, 0) is 4.74 Å². The van der Waals surface area contributed by atoms with Crippen molar-refractivity contribution in [3.8, 4) is 0 Å². The fourth-order valence-corrected chi connectivity index (χ4v) is 2.65. The van der Waals surface area contributed by atoms with Crippen molar-refractivity contribution in [3.63, 3.8) is 0 Å². The highest BCUT2D eigenvalue weighted by Crippen LogP contribution is 2.20. The largest absolute Gasteiger partial charge is 0.379 e. The van der Waals surface area contributed by atoms with Crippen molar-refractivity contribution in [3.05, 3.63) is 35.4 Å². The molecule has 1 aromatic rings. The van der Waals surface area contributed by atoms with E-state index in [1.165, 1.54) is 12.1 Å². The van der Waals surface area contributed by atoms with Crippen LogP contribution in [0.5, 0.6) is 0 Å². The van der Waals surface area contributed by atoms with E-state index >= 15 is 0 Å². The Balaban J connectivity index is 1.94. The van der Waals surface area contributed by atoms with E-state index in [1.54, 1.807) is 0 Å². The maximum Gasteiger partial charge on any atom is 0.130 e. The quantitative estimate of drug-likeness (QED) is 0.904. The normalized spacial score (nSPS) is 18.7. The predicted molar refractivity (Wildman–Crippen MR) is 79.2 cm³/mol. The summed E-state index contributed by atoms with van der Waals surface area (Å²) in [7, 11) is 0. The van der Waals surface area contributed by atoms with E-state index in [0.29, 0.717) is 5.56 Å². The molecule has 0 radical (unpaired) electrons. The van der Waals surface area contributed by atoms with Crippen molar-refractivity contribution in [2.45, 2.75) is 32.4 Å². The Kier molecular flexibility index (Phi) is 5.30. The second-order valence-electron chi connectivity index (χ2n) is 6.18.